The van der Waals surface area contributed by atoms with Gasteiger partial charge in [0, 0.05) is 7.11 Å². The molecule has 0 radical (unpaired) electrons. The third-order valence-corrected chi connectivity index (χ3v) is 2.74. The number of carbonyl (C=O) groups is 3. The fraction of sp³-hybridized carbons (Fsp3) is 0.727. The summed E-state index contributed by atoms with van der Waals surface area (Å²) in [6.07, 6.45) is 0. The van der Waals surface area contributed by atoms with Crippen molar-refractivity contribution in [2.75, 3.05) is 33.5 Å². The first kappa shape index (κ1) is 14.6. The first-order chi connectivity index (χ1) is 8.39. The van der Waals surface area contributed by atoms with Crippen molar-refractivity contribution in [3.8, 4) is 0 Å². The van der Waals surface area contributed by atoms with Crippen molar-refractivity contribution < 1.29 is 23.9 Å². The Labute approximate surface area is 105 Å². The van der Waals surface area contributed by atoms with Gasteiger partial charge in [0.1, 0.15) is 18.7 Å². The SMILES string of the molecule is COCCOCC(=O)N1CC(=O)NC(=O)C1(C)C. The summed E-state index contributed by atoms with van der Waals surface area (Å²) in [5.74, 6) is -1.35. The van der Waals surface area contributed by atoms with Crippen LogP contribution in [-0.2, 0) is 23.9 Å². The van der Waals surface area contributed by atoms with Gasteiger partial charge in [0.15, 0.2) is 0 Å². The Bertz CT molecular complexity index is 353. The highest BCUT2D eigenvalue weighted by Gasteiger charge is 2.43. The molecule has 1 saturated heterocycles. The van der Waals surface area contributed by atoms with E-state index in [1.807, 2.05) is 0 Å². The maximum absolute atomic E-state index is 11.9. The summed E-state index contributed by atoms with van der Waals surface area (Å²) in [4.78, 5) is 36.0. The van der Waals surface area contributed by atoms with Crippen LogP contribution in [0.4, 0.5) is 0 Å². The molecule has 0 aromatic carbocycles. The van der Waals surface area contributed by atoms with E-state index in [9.17, 15) is 14.4 Å². The molecule has 1 rings (SSSR count). The van der Waals surface area contributed by atoms with E-state index in [0.29, 0.717) is 6.61 Å². The zero-order valence-electron chi connectivity index (χ0n) is 10.8. The van der Waals surface area contributed by atoms with Crippen LogP contribution in [0.25, 0.3) is 0 Å². The number of methoxy groups -OCH3 is 1. The zero-order valence-corrected chi connectivity index (χ0v) is 10.8. The summed E-state index contributed by atoms with van der Waals surface area (Å²) in [6.45, 7) is 3.54. The van der Waals surface area contributed by atoms with Crippen LogP contribution < -0.4 is 5.32 Å². The predicted molar refractivity (Wildman–Crippen MR) is 61.6 cm³/mol. The monoisotopic (exact) mass is 258 g/mol. The Hall–Kier alpha value is -1.47. The summed E-state index contributed by atoms with van der Waals surface area (Å²) in [6, 6.07) is 0. The minimum Gasteiger partial charge on any atom is -0.382 e. The Morgan fingerprint density at radius 1 is 1.39 bits per heavy atom. The topological polar surface area (TPSA) is 84.9 Å². The molecule has 0 aromatic rings. The highest BCUT2D eigenvalue weighted by molar-refractivity contribution is 6.06. The van der Waals surface area contributed by atoms with Gasteiger partial charge in [-0.05, 0) is 13.8 Å². The van der Waals surface area contributed by atoms with Crippen molar-refractivity contribution in [3.05, 3.63) is 0 Å². The Balaban J connectivity index is 2.59. The standard InChI is InChI=1S/C11H18N2O5/c1-11(2)10(16)12-8(14)6-13(11)9(15)7-18-5-4-17-3/h4-7H2,1-3H3,(H,12,14,16). The minimum absolute atomic E-state index is 0.134. The van der Waals surface area contributed by atoms with Gasteiger partial charge in [0.25, 0.3) is 5.91 Å². The van der Waals surface area contributed by atoms with E-state index < -0.39 is 17.4 Å². The lowest BCUT2D eigenvalue weighted by atomic mass is 9.99. The number of hydrogen-bond acceptors (Lipinski definition) is 5. The summed E-state index contributed by atoms with van der Waals surface area (Å²) in [5, 5.41) is 2.20. The largest absolute Gasteiger partial charge is 0.382 e. The van der Waals surface area contributed by atoms with Crippen LogP contribution >= 0.6 is 0 Å². The lowest BCUT2D eigenvalue weighted by Gasteiger charge is -2.40. The number of imide groups is 1. The van der Waals surface area contributed by atoms with Gasteiger partial charge in [-0.1, -0.05) is 0 Å². The van der Waals surface area contributed by atoms with Crippen molar-refractivity contribution >= 4 is 17.7 Å². The Kier molecular flexibility index (Phi) is 4.80. The number of piperazine rings is 1. The van der Waals surface area contributed by atoms with Crippen molar-refractivity contribution in [1.82, 2.24) is 10.2 Å². The van der Waals surface area contributed by atoms with Crippen molar-refractivity contribution in [1.29, 1.82) is 0 Å². The molecule has 0 spiro atoms. The van der Waals surface area contributed by atoms with Gasteiger partial charge in [-0.3, -0.25) is 19.7 Å². The zero-order chi connectivity index (χ0) is 13.8. The van der Waals surface area contributed by atoms with Gasteiger partial charge in [-0.15, -0.1) is 0 Å². The average Bonchev–Trinajstić information content (AvgIpc) is 2.29. The number of carbonyl (C=O) groups excluding carboxylic acids is 3. The quantitative estimate of drug-likeness (QED) is 0.500. The van der Waals surface area contributed by atoms with E-state index in [-0.39, 0.29) is 25.7 Å². The van der Waals surface area contributed by atoms with Gasteiger partial charge in [0.2, 0.25) is 11.8 Å². The van der Waals surface area contributed by atoms with Gasteiger partial charge in [0.05, 0.1) is 13.2 Å². The van der Waals surface area contributed by atoms with Crippen molar-refractivity contribution in [2.45, 2.75) is 19.4 Å². The predicted octanol–water partition coefficient (Wildman–Crippen LogP) is -1.09. The van der Waals surface area contributed by atoms with Crippen LogP contribution in [0.5, 0.6) is 0 Å². The number of ether oxygens (including phenoxy) is 2. The van der Waals surface area contributed by atoms with Crippen LogP contribution in [0, 0.1) is 0 Å². The molecule has 7 heteroatoms. The smallest absolute Gasteiger partial charge is 0.252 e. The molecule has 3 amide bonds. The maximum atomic E-state index is 11.9. The molecule has 0 bridgehead atoms. The van der Waals surface area contributed by atoms with Gasteiger partial charge in [-0.2, -0.15) is 0 Å². The third-order valence-electron chi connectivity index (χ3n) is 2.74. The number of nitrogens with zero attached hydrogens (tertiary/aromatic N) is 1. The first-order valence-corrected chi connectivity index (χ1v) is 5.61. The molecule has 1 fully saturated rings. The molecule has 1 aliphatic rings. The van der Waals surface area contributed by atoms with E-state index in [4.69, 9.17) is 9.47 Å². The van der Waals surface area contributed by atoms with E-state index in [2.05, 4.69) is 5.32 Å². The second-order valence-corrected chi connectivity index (χ2v) is 4.46. The molecule has 102 valence electrons. The molecule has 0 saturated carbocycles. The highest BCUT2D eigenvalue weighted by Crippen LogP contribution is 2.18. The van der Waals surface area contributed by atoms with Crippen LogP contribution in [0.2, 0.25) is 0 Å². The highest BCUT2D eigenvalue weighted by atomic mass is 16.5. The number of amides is 3. The van der Waals surface area contributed by atoms with Gasteiger partial charge in [-0.25, -0.2) is 0 Å². The van der Waals surface area contributed by atoms with E-state index >= 15 is 0 Å². The van der Waals surface area contributed by atoms with Crippen LogP contribution in [0.15, 0.2) is 0 Å². The molecule has 7 nitrogen and oxygen atoms in total. The van der Waals surface area contributed by atoms with Crippen LogP contribution in [0.3, 0.4) is 0 Å². The van der Waals surface area contributed by atoms with Gasteiger partial charge >= 0.3 is 0 Å². The van der Waals surface area contributed by atoms with Crippen molar-refractivity contribution in [2.24, 2.45) is 0 Å². The van der Waals surface area contributed by atoms with Gasteiger partial charge < -0.3 is 14.4 Å². The van der Waals surface area contributed by atoms with E-state index in [1.165, 1.54) is 12.0 Å². The molecule has 0 unspecified atom stereocenters. The second-order valence-electron chi connectivity index (χ2n) is 4.46. The Morgan fingerprint density at radius 2 is 2.06 bits per heavy atom. The summed E-state index contributed by atoms with van der Waals surface area (Å²) in [5.41, 5.74) is -1.05. The van der Waals surface area contributed by atoms with E-state index in [1.54, 1.807) is 13.8 Å². The summed E-state index contributed by atoms with van der Waals surface area (Å²) in [7, 11) is 1.53. The third kappa shape index (κ3) is 3.27. The van der Waals surface area contributed by atoms with Crippen molar-refractivity contribution in [3.63, 3.8) is 0 Å². The molecule has 0 aromatic heterocycles. The number of hydrogen-bond donors (Lipinski definition) is 1. The average molecular weight is 258 g/mol. The minimum atomic E-state index is -1.05. The fourth-order valence-electron chi connectivity index (χ4n) is 1.56. The molecular weight excluding hydrogens is 240 g/mol. The second kappa shape index (κ2) is 5.92. The fourth-order valence-corrected chi connectivity index (χ4v) is 1.56. The normalized spacial score (nSPS) is 18.7. The lowest BCUT2D eigenvalue weighted by molar-refractivity contribution is -0.158. The van der Waals surface area contributed by atoms with Crippen LogP contribution in [0.1, 0.15) is 13.8 Å². The number of rotatable bonds is 5. The molecule has 18 heavy (non-hydrogen) atoms. The number of nitrogens with one attached hydrogen (secondary N) is 1. The lowest BCUT2D eigenvalue weighted by Crippen LogP contribution is -2.66. The molecule has 0 atom stereocenters. The first-order valence-electron chi connectivity index (χ1n) is 5.61. The summed E-state index contributed by atoms with van der Waals surface area (Å²) >= 11 is 0. The molecule has 1 N–H and O–H groups in total. The van der Waals surface area contributed by atoms with E-state index in [0.717, 1.165) is 0 Å². The molecular formula is C11H18N2O5. The molecule has 1 aliphatic heterocycles. The Morgan fingerprint density at radius 3 is 2.67 bits per heavy atom. The maximum Gasteiger partial charge on any atom is 0.252 e. The molecule has 1 heterocycles. The molecule has 0 aliphatic carbocycles. The van der Waals surface area contributed by atoms with Crippen LogP contribution in [-0.4, -0.2) is 61.6 Å². The summed E-state index contributed by atoms with van der Waals surface area (Å²) < 4.78 is 9.87.